The van der Waals surface area contributed by atoms with E-state index in [2.05, 4.69) is 5.32 Å². The Labute approximate surface area is 159 Å². The van der Waals surface area contributed by atoms with Crippen molar-refractivity contribution in [3.8, 4) is 5.75 Å². The van der Waals surface area contributed by atoms with Crippen molar-refractivity contribution >= 4 is 29.1 Å². The summed E-state index contributed by atoms with van der Waals surface area (Å²) < 4.78 is 0. The van der Waals surface area contributed by atoms with E-state index < -0.39 is 28.2 Å². The molecule has 0 bridgehead atoms. The van der Waals surface area contributed by atoms with Gasteiger partial charge in [-0.2, -0.15) is 0 Å². The Morgan fingerprint density at radius 1 is 1.07 bits per heavy atom. The van der Waals surface area contributed by atoms with Crippen molar-refractivity contribution in [2.24, 2.45) is 0 Å². The lowest BCUT2D eigenvalue weighted by Gasteiger charge is -2.29. The molecule has 144 valence electrons. The molecule has 0 radical (unpaired) electrons. The quantitative estimate of drug-likeness (QED) is 0.363. The van der Waals surface area contributed by atoms with Crippen LogP contribution in [0.15, 0.2) is 36.4 Å². The summed E-state index contributed by atoms with van der Waals surface area (Å²) in [5, 5.41) is 23.1. The third kappa shape index (κ3) is 3.18. The van der Waals surface area contributed by atoms with Crippen LogP contribution in [0, 0.1) is 10.1 Å². The Kier molecular flexibility index (Phi) is 4.38. The maximum atomic E-state index is 12.6. The predicted molar refractivity (Wildman–Crippen MR) is 99.4 cm³/mol. The summed E-state index contributed by atoms with van der Waals surface area (Å²) in [6.45, 7) is 5.19. The topological polar surface area (TPSA) is 130 Å². The molecule has 1 aliphatic heterocycles. The van der Waals surface area contributed by atoms with Gasteiger partial charge < -0.3 is 10.4 Å². The summed E-state index contributed by atoms with van der Waals surface area (Å²) >= 11 is 0. The highest BCUT2D eigenvalue weighted by molar-refractivity contribution is 6.22. The number of hydrogen-bond acceptors (Lipinski definition) is 6. The van der Waals surface area contributed by atoms with Crippen LogP contribution in [0.25, 0.3) is 0 Å². The summed E-state index contributed by atoms with van der Waals surface area (Å²) in [7, 11) is 0. The van der Waals surface area contributed by atoms with Gasteiger partial charge in [0.1, 0.15) is 5.75 Å². The van der Waals surface area contributed by atoms with E-state index in [9.17, 15) is 29.6 Å². The number of nitro benzene ring substituents is 1. The van der Waals surface area contributed by atoms with Gasteiger partial charge in [0.2, 0.25) is 0 Å². The van der Waals surface area contributed by atoms with E-state index in [1.807, 2.05) is 0 Å². The fourth-order valence-electron chi connectivity index (χ4n) is 2.92. The van der Waals surface area contributed by atoms with E-state index in [0.717, 1.165) is 23.1 Å². The van der Waals surface area contributed by atoms with Gasteiger partial charge in [0.25, 0.3) is 23.4 Å². The van der Waals surface area contributed by atoms with E-state index in [1.165, 1.54) is 18.2 Å². The normalized spacial score (nSPS) is 13.5. The number of phenolic OH excluding ortho intramolecular Hbond substituents is 1. The molecule has 1 aliphatic rings. The van der Waals surface area contributed by atoms with Gasteiger partial charge in [-0.3, -0.25) is 29.4 Å². The van der Waals surface area contributed by atoms with Gasteiger partial charge in [0, 0.05) is 23.2 Å². The minimum atomic E-state index is -0.718. The number of rotatable bonds is 3. The minimum Gasteiger partial charge on any atom is -0.506 e. The van der Waals surface area contributed by atoms with Gasteiger partial charge in [0.15, 0.2) is 0 Å². The molecule has 2 aromatic rings. The fourth-order valence-corrected chi connectivity index (χ4v) is 2.92. The van der Waals surface area contributed by atoms with E-state index >= 15 is 0 Å². The lowest BCUT2D eigenvalue weighted by Crippen LogP contribution is -2.45. The first kappa shape index (κ1) is 19.0. The largest absolute Gasteiger partial charge is 0.506 e. The van der Waals surface area contributed by atoms with Crippen LogP contribution in [0.4, 0.5) is 11.4 Å². The summed E-state index contributed by atoms with van der Waals surface area (Å²) in [6.07, 6.45) is 0. The van der Waals surface area contributed by atoms with Crippen molar-refractivity contribution in [2.45, 2.75) is 26.3 Å². The zero-order chi connectivity index (χ0) is 20.8. The van der Waals surface area contributed by atoms with Crippen molar-refractivity contribution in [1.82, 2.24) is 4.90 Å². The number of fused-ring (bicyclic) bond motifs is 1. The summed E-state index contributed by atoms with van der Waals surface area (Å²) in [6, 6.07) is 7.29. The zero-order valence-corrected chi connectivity index (χ0v) is 15.3. The lowest BCUT2D eigenvalue weighted by atomic mass is 10.1. The molecule has 0 aliphatic carbocycles. The smallest absolute Gasteiger partial charge is 0.271 e. The van der Waals surface area contributed by atoms with Crippen molar-refractivity contribution < 1.29 is 24.4 Å². The Balaban J connectivity index is 1.92. The first-order valence-corrected chi connectivity index (χ1v) is 8.32. The number of amides is 3. The minimum absolute atomic E-state index is 0.0709. The molecule has 0 fully saturated rings. The van der Waals surface area contributed by atoms with Gasteiger partial charge in [-0.25, -0.2) is 0 Å². The number of carbonyl (C=O) groups excluding carboxylic acids is 3. The number of imide groups is 1. The Hall–Kier alpha value is -3.75. The van der Waals surface area contributed by atoms with Gasteiger partial charge in [-0.1, -0.05) is 0 Å². The van der Waals surface area contributed by atoms with E-state index in [-0.39, 0.29) is 33.8 Å². The second-order valence-corrected chi connectivity index (χ2v) is 7.29. The van der Waals surface area contributed by atoms with Gasteiger partial charge in [-0.05, 0) is 45.0 Å². The molecule has 0 atom stereocenters. The molecule has 0 unspecified atom stereocenters. The van der Waals surface area contributed by atoms with E-state index in [1.54, 1.807) is 20.8 Å². The molecule has 0 spiro atoms. The molecule has 2 aromatic carbocycles. The Bertz CT molecular complexity index is 1040. The molecule has 9 nitrogen and oxygen atoms in total. The number of benzene rings is 2. The molecule has 3 rings (SSSR count). The van der Waals surface area contributed by atoms with Crippen LogP contribution < -0.4 is 5.32 Å². The average molecular weight is 383 g/mol. The molecule has 28 heavy (non-hydrogen) atoms. The van der Waals surface area contributed by atoms with Crippen molar-refractivity contribution in [2.75, 3.05) is 5.32 Å². The van der Waals surface area contributed by atoms with Crippen LogP contribution >= 0.6 is 0 Å². The molecule has 2 N–H and O–H groups in total. The summed E-state index contributed by atoms with van der Waals surface area (Å²) in [4.78, 5) is 48.9. The van der Waals surface area contributed by atoms with E-state index in [0.29, 0.717) is 0 Å². The monoisotopic (exact) mass is 383 g/mol. The van der Waals surface area contributed by atoms with Gasteiger partial charge in [-0.15, -0.1) is 0 Å². The molecule has 0 aromatic heterocycles. The van der Waals surface area contributed by atoms with Gasteiger partial charge in [0.05, 0.1) is 21.7 Å². The third-order valence-electron chi connectivity index (χ3n) is 4.26. The number of phenols is 1. The molecule has 1 heterocycles. The van der Waals surface area contributed by atoms with Crippen molar-refractivity contribution in [3.63, 3.8) is 0 Å². The predicted octanol–water partition coefficient (Wildman–Crippen LogP) is 2.95. The highest BCUT2D eigenvalue weighted by Gasteiger charge is 2.42. The molecular formula is C19H17N3O6. The maximum Gasteiger partial charge on any atom is 0.271 e. The number of hydrogen-bond donors (Lipinski definition) is 2. The van der Waals surface area contributed by atoms with Crippen molar-refractivity contribution in [1.29, 1.82) is 0 Å². The van der Waals surface area contributed by atoms with Crippen LogP contribution in [0.3, 0.4) is 0 Å². The van der Waals surface area contributed by atoms with Crippen LogP contribution in [0.1, 0.15) is 51.8 Å². The standard InChI is InChI=1S/C19H17N3O6/c1-19(2,3)21-17(25)12-6-4-10(8-13(12)18(21)26)16(24)20-14-9-11(22(27)28)5-7-15(14)23/h4-9,23H,1-3H3,(H,20,24). The molecule has 0 saturated heterocycles. The zero-order valence-electron chi connectivity index (χ0n) is 15.3. The number of anilines is 1. The Morgan fingerprint density at radius 3 is 2.32 bits per heavy atom. The second kappa shape index (κ2) is 6.45. The average Bonchev–Trinajstić information content (AvgIpc) is 2.86. The Morgan fingerprint density at radius 2 is 1.71 bits per heavy atom. The first-order chi connectivity index (χ1) is 13.0. The van der Waals surface area contributed by atoms with Crippen LogP contribution in [0.2, 0.25) is 0 Å². The molecule has 3 amide bonds. The number of nitrogens with one attached hydrogen (secondary N) is 1. The number of nitrogens with zero attached hydrogens (tertiary/aromatic N) is 2. The van der Waals surface area contributed by atoms with Crippen molar-refractivity contribution in [3.05, 3.63) is 63.2 Å². The second-order valence-electron chi connectivity index (χ2n) is 7.29. The van der Waals surface area contributed by atoms with Gasteiger partial charge >= 0.3 is 0 Å². The first-order valence-electron chi connectivity index (χ1n) is 8.32. The molecule has 9 heteroatoms. The highest BCUT2D eigenvalue weighted by atomic mass is 16.6. The number of aromatic hydroxyl groups is 1. The fraction of sp³-hybridized carbons (Fsp3) is 0.211. The summed E-state index contributed by atoms with van der Waals surface area (Å²) in [5.74, 6) is -1.96. The SMILES string of the molecule is CC(C)(C)N1C(=O)c2ccc(C(=O)Nc3cc([N+](=O)[O-])ccc3O)cc2C1=O. The highest BCUT2D eigenvalue weighted by Crippen LogP contribution is 2.31. The number of non-ortho nitro benzene ring substituents is 1. The third-order valence-corrected chi connectivity index (χ3v) is 4.26. The van der Waals surface area contributed by atoms with Crippen LogP contribution in [-0.2, 0) is 0 Å². The maximum absolute atomic E-state index is 12.6. The number of carbonyl (C=O) groups is 3. The molecule has 0 saturated carbocycles. The van der Waals surface area contributed by atoms with Crippen LogP contribution in [-0.4, -0.2) is 38.2 Å². The number of nitro groups is 1. The van der Waals surface area contributed by atoms with Crippen LogP contribution in [0.5, 0.6) is 5.75 Å². The summed E-state index contributed by atoms with van der Waals surface area (Å²) in [5.41, 5.74) is -0.779. The molecular weight excluding hydrogens is 366 g/mol. The van der Waals surface area contributed by atoms with E-state index in [4.69, 9.17) is 0 Å². The lowest BCUT2D eigenvalue weighted by molar-refractivity contribution is -0.384.